The zero-order valence-corrected chi connectivity index (χ0v) is 10.6. The van der Waals surface area contributed by atoms with Gasteiger partial charge in [-0.05, 0) is 0 Å². The van der Waals surface area contributed by atoms with Crippen LogP contribution in [-0.2, 0) is 79.9 Å². The van der Waals surface area contributed by atoms with Gasteiger partial charge in [0.25, 0.3) is 0 Å². The van der Waals surface area contributed by atoms with Crippen LogP contribution in [0.5, 0.6) is 0 Å². The monoisotopic (exact) mass is 272 g/mol. The summed E-state index contributed by atoms with van der Waals surface area (Å²) in [6.45, 7) is 0. The number of rotatable bonds is 0. The van der Waals surface area contributed by atoms with Gasteiger partial charge in [-0.2, -0.15) is 0 Å². The van der Waals surface area contributed by atoms with Crippen molar-refractivity contribution in [2.75, 3.05) is 0 Å². The molecule has 0 aliphatic heterocycles. The summed E-state index contributed by atoms with van der Waals surface area (Å²) in [6, 6.07) is 0. The Morgan fingerprint density at radius 1 is 1.00 bits per heavy atom. The molecule has 0 N–H and O–H groups in total. The molecule has 0 heterocycles. The van der Waals surface area contributed by atoms with Crippen LogP contribution in [0.25, 0.3) is 0 Å². The molecule has 0 saturated carbocycles. The fraction of sp³-hybridized carbons (Fsp3) is 0. The fourth-order valence-electron chi connectivity index (χ4n) is 0. The minimum Gasteiger partial charge on any atom is -2.00 e. The maximum Gasteiger partial charge on any atom is 2.00 e. The van der Waals surface area contributed by atoms with Gasteiger partial charge in [-0.15, -0.1) is 0 Å². The second kappa shape index (κ2) is 45.6. The first kappa shape index (κ1) is 67.6. The van der Waals surface area contributed by atoms with Gasteiger partial charge in [-0.25, -0.2) is 0 Å². The van der Waals surface area contributed by atoms with Gasteiger partial charge in [-0.3, -0.25) is 0 Å². The van der Waals surface area contributed by atoms with Crippen LogP contribution in [0.3, 0.4) is 0 Å². The zero-order valence-electron chi connectivity index (χ0n) is 2.84. The minimum atomic E-state index is 0. The third-order valence-electron chi connectivity index (χ3n) is 0. The number of hydrogen-bond acceptors (Lipinski definition) is 0. The van der Waals surface area contributed by atoms with Crippen molar-refractivity contribution in [2.45, 2.75) is 0 Å². The summed E-state index contributed by atoms with van der Waals surface area (Å²) in [5.41, 5.74) is 0. The number of hydrogen-bond donors (Lipinski definition) is 0. The standard InChI is InChI=1S/Al.Co.Ni.O.Ti.Zn/q;;;-2;;+2. The first-order valence-corrected chi connectivity index (χ1v) is 0. The summed E-state index contributed by atoms with van der Waals surface area (Å²) >= 11 is 0. The second-order valence-electron chi connectivity index (χ2n) is 0. The van der Waals surface area contributed by atoms with E-state index in [2.05, 4.69) is 0 Å². The molecule has 0 bridgehead atoms. The SMILES string of the molecule is [Al].[Co].[Ni].[O-2].[Ti].[Zn+2]. The first-order chi connectivity index (χ1) is 0. The molecule has 0 aliphatic carbocycles. The van der Waals surface area contributed by atoms with Crippen LogP contribution in [0.15, 0.2) is 0 Å². The molecular formula is AlCoNiOTiZn. The van der Waals surface area contributed by atoms with Gasteiger partial charge in [0.2, 0.25) is 0 Å². The zero-order chi connectivity index (χ0) is 0. The molecule has 0 aromatic rings. The summed E-state index contributed by atoms with van der Waals surface area (Å²) in [6.07, 6.45) is 0. The minimum absolute atomic E-state index is 0. The van der Waals surface area contributed by atoms with Crippen LogP contribution >= 0.6 is 0 Å². The second-order valence-corrected chi connectivity index (χ2v) is 0. The molecule has 34 valence electrons. The van der Waals surface area contributed by atoms with Crippen molar-refractivity contribution < 1.29 is 79.9 Å². The molecule has 0 aromatic carbocycles. The molecule has 0 amide bonds. The van der Waals surface area contributed by atoms with E-state index in [1.165, 1.54) is 0 Å². The third-order valence-corrected chi connectivity index (χ3v) is 0. The summed E-state index contributed by atoms with van der Waals surface area (Å²) in [7, 11) is 0. The molecular weight excluding hydrogens is 274 g/mol. The van der Waals surface area contributed by atoms with E-state index in [-0.39, 0.29) is 97.3 Å². The summed E-state index contributed by atoms with van der Waals surface area (Å²) in [5, 5.41) is 0. The molecule has 1 nitrogen and oxygen atoms in total. The van der Waals surface area contributed by atoms with E-state index >= 15 is 0 Å². The molecule has 0 saturated heterocycles. The van der Waals surface area contributed by atoms with E-state index in [1.54, 1.807) is 0 Å². The molecule has 0 aliphatic rings. The van der Waals surface area contributed by atoms with Gasteiger partial charge in [0.15, 0.2) is 0 Å². The molecule has 6 heavy (non-hydrogen) atoms. The maximum absolute atomic E-state index is 0. The van der Waals surface area contributed by atoms with Crippen molar-refractivity contribution in [2.24, 2.45) is 0 Å². The molecule has 0 aromatic heterocycles. The van der Waals surface area contributed by atoms with Crippen molar-refractivity contribution in [3.8, 4) is 0 Å². The van der Waals surface area contributed by atoms with Gasteiger partial charge in [-0.1, -0.05) is 0 Å². The van der Waals surface area contributed by atoms with Crippen molar-refractivity contribution in [3.05, 3.63) is 0 Å². The Bertz CT molecular complexity index is 15.5. The predicted octanol–water partition coefficient (Wildman–Crippen LogP) is -0.510. The largest absolute Gasteiger partial charge is 2.00 e. The Kier molecular flexibility index (Phi) is 514. The van der Waals surface area contributed by atoms with Crippen LogP contribution in [0.2, 0.25) is 0 Å². The smallest absolute Gasteiger partial charge is 2.00 e. The Labute approximate surface area is 96.0 Å². The quantitative estimate of drug-likeness (QED) is 0.532. The third kappa shape index (κ3) is 29.0. The maximum atomic E-state index is 0. The van der Waals surface area contributed by atoms with Crippen molar-refractivity contribution in [3.63, 3.8) is 0 Å². The Morgan fingerprint density at radius 3 is 1.00 bits per heavy atom. The molecule has 4 radical (unpaired) electrons. The van der Waals surface area contributed by atoms with Gasteiger partial charge >= 0.3 is 19.5 Å². The molecule has 0 unspecified atom stereocenters. The van der Waals surface area contributed by atoms with Crippen LogP contribution < -0.4 is 0 Å². The van der Waals surface area contributed by atoms with Gasteiger partial charge in [0, 0.05) is 72.3 Å². The van der Waals surface area contributed by atoms with E-state index in [9.17, 15) is 0 Å². The average molecular weight is 274 g/mol. The van der Waals surface area contributed by atoms with E-state index < -0.39 is 0 Å². The van der Waals surface area contributed by atoms with E-state index in [0.29, 0.717) is 0 Å². The fourth-order valence-corrected chi connectivity index (χ4v) is 0. The molecule has 0 rings (SSSR count). The normalized spacial score (nSPS) is 0. The summed E-state index contributed by atoms with van der Waals surface area (Å²) < 4.78 is 0. The van der Waals surface area contributed by atoms with Gasteiger partial charge in [0.05, 0.1) is 0 Å². The average Bonchev–Trinajstić information content (AvgIpc) is 0. The van der Waals surface area contributed by atoms with Crippen molar-refractivity contribution in [1.82, 2.24) is 0 Å². The summed E-state index contributed by atoms with van der Waals surface area (Å²) in [5.74, 6) is 0. The van der Waals surface area contributed by atoms with Crippen LogP contribution in [0.1, 0.15) is 0 Å². The van der Waals surface area contributed by atoms with Crippen molar-refractivity contribution >= 4 is 17.4 Å². The Balaban J connectivity index is 0. The molecule has 6 heteroatoms. The van der Waals surface area contributed by atoms with Crippen molar-refractivity contribution in [1.29, 1.82) is 0 Å². The Morgan fingerprint density at radius 2 is 1.00 bits per heavy atom. The van der Waals surface area contributed by atoms with E-state index in [1.807, 2.05) is 0 Å². The molecule has 0 spiro atoms. The van der Waals surface area contributed by atoms with Crippen LogP contribution in [-0.4, -0.2) is 17.4 Å². The van der Waals surface area contributed by atoms with Crippen LogP contribution in [0, 0.1) is 0 Å². The van der Waals surface area contributed by atoms with E-state index in [0.717, 1.165) is 0 Å². The van der Waals surface area contributed by atoms with Crippen LogP contribution in [0.4, 0.5) is 0 Å². The topological polar surface area (TPSA) is 28.5 Å². The summed E-state index contributed by atoms with van der Waals surface area (Å²) in [4.78, 5) is 0. The molecule has 0 fully saturated rings. The predicted molar refractivity (Wildman–Crippen MR) is 6.44 cm³/mol. The van der Waals surface area contributed by atoms with Gasteiger partial charge < -0.3 is 5.48 Å². The Hall–Kier alpha value is 2.83. The van der Waals surface area contributed by atoms with Gasteiger partial charge in [0.1, 0.15) is 0 Å². The molecule has 0 atom stereocenters. The van der Waals surface area contributed by atoms with E-state index in [4.69, 9.17) is 0 Å². The first-order valence-electron chi connectivity index (χ1n) is 0.